The highest BCUT2D eigenvalue weighted by Gasteiger charge is 2.23. The molecular formula is C16H23ClN4. The summed E-state index contributed by atoms with van der Waals surface area (Å²) < 4.78 is 2.37. The number of benzene rings is 1. The summed E-state index contributed by atoms with van der Waals surface area (Å²) in [6.07, 6.45) is 3.53. The van der Waals surface area contributed by atoms with Crippen molar-refractivity contribution in [2.45, 2.75) is 31.8 Å². The Balaban J connectivity index is 1.94. The molecule has 2 heterocycles. The first-order valence-electron chi connectivity index (χ1n) is 7.69. The number of nitrogens with zero attached hydrogens (tertiary/aromatic N) is 3. The Morgan fingerprint density at radius 1 is 1.43 bits per heavy atom. The van der Waals surface area contributed by atoms with Crippen LogP contribution in [0.15, 0.2) is 18.2 Å². The number of aromatic nitrogens is 2. The van der Waals surface area contributed by atoms with Gasteiger partial charge in [-0.25, -0.2) is 4.98 Å². The van der Waals surface area contributed by atoms with Gasteiger partial charge in [0.1, 0.15) is 5.82 Å². The van der Waals surface area contributed by atoms with Gasteiger partial charge in [0.25, 0.3) is 0 Å². The minimum atomic E-state index is 0.385. The zero-order chi connectivity index (χ0) is 14.8. The molecule has 21 heavy (non-hydrogen) atoms. The van der Waals surface area contributed by atoms with E-state index in [1.54, 1.807) is 0 Å². The van der Waals surface area contributed by atoms with Crippen LogP contribution in [0.1, 0.15) is 31.1 Å². The van der Waals surface area contributed by atoms with Crippen LogP contribution < -0.4 is 5.32 Å². The summed E-state index contributed by atoms with van der Waals surface area (Å²) >= 11 is 6.11. The fourth-order valence-electron chi connectivity index (χ4n) is 3.07. The number of hydrogen-bond donors (Lipinski definition) is 1. The zero-order valence-electron chi connectivity index (χ0n) is 12.8. The predicted octanol–water partition coefficient (Wildman–Crippen LogP) is 3.07. The summed E-state index contributed by atoms with van der Waals surface area (Å²) in [5, 5.41) is 4.32. The van der Waals surface area contributed by atoms with Gasteiger partial charge in [-0.15, -0.1) is 0 Å². The van der Waals surface area contributed by atoms with Gasteiger partial charge in [0.2, 0.25) is 0 Å². The molecule has 2 aromatic rings. The standard InChI is InChI=1S/C16H23ClN4/c1-20(2)9-4-10-21-15-7-6-12(17)11-14(15)19-16(21)13-5-3-8-18-13/h6-7,11,13,18H,3-5,8-10H2,1-2H3. The second kappa shape index (κ2) is 6.34. The lowest BCUT2D eigenvalue weighted by Gasteiger charge is -2.15. The molecule has 0 radical (unpaired) electrons. The molecule has 1 aliphatic heterocycles. The van der Waals surface area contributed by atoms with Gasteiger partial charge < -0.3 is 14.8 Å². The van der Waals surface area contributed by atoms with E-state index in [4.69, 9.17) is 16.6 Å². The molecule has 114 valence electrons. The topological polar surface area (TPSA) is 33.1 Å². The van der Waals surface area contributed by atoms with E-state index in [0.717, 1.165) is 36.6 Å². The van der Waals surface area contributed by atoms with Crippen molar-refractivity contribution in [3.63, 3.8) is 0 Å². The van der Waals surface area contributed by atoms with Crippen LogP contribution >= 0.6 is 11.6 Å². The lowest BCUT2D eigenvalue weighted by atomic mass is 10.2. The van der Waals surface area contributed by atoms with Crippen molar-refractivity contribution in [3.05, 3.63) is 29.0 Å². The molecule has 1 atom stereocenters. The summed E-state index contributed by atoms with van der Waals surface area (Å²) in [6.45, 7) is 3.18. The highest BCUT2D eigenvalue weighted by atomic mass is 35.5. The second-order valence-corrected chi connectivity index (χ2v) is 6.50. The van der Waals surface area contributed by atoms with E-state index in [-0.39, 0.29) is 0 Å². The van der Waals surface area contributed by atoms with Gasteiger partial charge in [0.15, 0.2) is 0 Å². The Morgan fingerprint density at radius 2 is 2.29 bits per heavy atom. The number of aryl methyl sites for hydroxylation is 1. The molecule has 1 aliphatic rings. The maximum absolute atomic E-state index is 6.11. The predicted molar refractivity (Wildman–Crippen MR) is 87.9 cm³/mol. The lowest BCUT2D eigenvalue weighted by Crippen LogP contribution is -2.20. The molecular weight excluding hydrogens is 284 g/mol. The monoisotopic (exact) mass is 306 g/mol. The SMILES string of the molecule is CN(C)CCCn1c(C2CCCN2)nc2cc(Cl)ccc21. The third-order valence-electron chi connectivity index (χ3n) is 4.10. The number of rotatable bonds is 5. The molecule has 4 nitrogen and oxygen atoms in total. The van der Waals surface area contributed by atoms with Crippen LogP contribution in [0, 0.1) is 0 Å². The summed E-state index contributed by atoms with van der Waals surface area (Å²) in [5.41, 5.74) is 2.21. The van der Waals surface area contributed by atoms with Crippen LogP contribution in [0.2, 0.25) is 5.02 Å². The number of halogens is 1. The summed E-state index contributed by atoms with van der Waals surface area (Å²) in [5.74, 6) is 1.17. The van der Waals surface area contributed by atoms with Crippen molar-refractivity contribution >= 4 is 22.6 Å². The molecule has 1 unspecified atom stereocenters. The van der Waals surface area contributed by atoms with Gasteiger partial charge in [-0.05, 0) is 64.6 Å². The fourth-order valence-corrected chi connectivity index (χ4v) is 3.24. The van der Waals surface area contributed by atoms with Crippen LogP contribution in [0.25, 0.3) is 11.0 Å². The Hall–Kier alpha value is -1.10. The van der Waals surface area contributed by atoms with Gasteiger partial charge in [-0.2, -0.15) is 0 Å². The van der Waals surface area contributed by atoms with Gasteiger partial charge >= 0.3 is 0 Å². The number of imidazole rings is 1. The van der Waals surface area contributed by atoms with E-state index in [1.807, 2.05) is 12.1 Å². The molecule has 0 bridgehead atoms. The van der Waals surface area contributed by atoms with Crippen LogP contribution in [-0.2, 0) is 6.54 Å². The molecule has 1 N–H and O–H groups in total. The molecule has 0 amide bonds. The third-order valence-corrected chi connectivity index (χ3v) is 4.33. The molecule has 1 aromatic carbocycles. The number of fused-ring (bicyclic) bond motifs is 1. The van der Waals surface area contributed by atoms with Crippen molar-refractivity contribution in [2.75, 3.05) is 27.2 Å². The van der Waals surface area contributed by atoms with E-state index in [0.29, 0.717) is 6.04 Å². The molecule has 1 fully saturated rings. The fraction of sp³-hybridized carbons (Fsp3) is 0.562. The normalized spacial score (nSPS) is 19.0. The summed E-state index contributed by atoms with van der Waals surface area (Å²) in [6, 6.07) is 6.41. The first kappa shape index (κ1) is 14.8. The smallest absolute Gasteiger partial charge is 0.127 e. The molecule has 0 spiro atoms. The second-order valence-electron chi connectivity index (χ2n) is 6.06. The van der Waals surface area contributed by atoms with Crippen LogP contribution in [0.4, 0.5) is 0 Å². The first-order chi connectivity index (χ1) is 10.1. The maximum Gasteiger partial charge on any atom is 0.127 e. The van der Waals surface area contributed by atoms with Crippen LogP contribution in [0.3, 0.4) is 0 Å². The first-order valence-corrected chi connectivity index (χ1v) is 8.07. The Morgan fingerprint density at radius 3 is 3.00 bits per heavy atom. The summed E-state index contributed by atoms with van der Waals surface area (Å²) in [7, 11) is 4.23. The van der Waals surface area contributed by atoms with E-state index in [2.05, 4.69) is 34.9 Å². The minimum absolute atomic E-state index is 0.385. The molecule has 1 saturated heterocycles. The lowest BCUT2D eigenvalue weighted by molar-refractivity contribution is 0.384. The zero-order valence-corrected chi connectivity index (χ0v) is 13.5. The van der Waals surface area contributed by atoms with E-state index in [1.165, 1.54) is 24.2 Å². The Labute approximate surface area is 131 Å². The van der Waals surface area contributed by atoms with Crippen molar-refractivity contribution in [1.82, 2.24) is 19.8 Å². The number of nitrogens with one attached hydrogen (secondary N) is 1. The van der Waals surface area contributed by atoms with Crippen LogP contribution in [-0.4, -0.2) is 41.6 Å². The number of hydrogen-bond acceptors (Lipinski definition) is 3. The Kier molecular flexibility index (Phi) is 4.48. The summed E-state index contributed by atoms with van der Waals surface area (Å²) in [4.78, 5) is 7.08. The van der Waals surface area contributed by atoms with Gasteiger partial charge in [0, 0.05) is 11.6 Å². The largest absolute Gasteiger partial charge is 0.327 e. The molecule has 5 heteroatoms. The average Bonchev–Trinajstić information content (AvgIpc) is 3.05. The Bertz CT molecular complexity index is 614. The molecule has 0 aliphatic carbocycles. The highest BCUT2D eigenvalue weighted by Crippen LogP contribution is 2.28. The minimum Gasteiger partial charge on any atom is -0.327 e. The van der Waals surface area contributed by atoms with Gasteiger partial charge in [-0.1, -0.05) is 11.6 Å². The van der Waals surface area contributed by atoms with Gasteiger partial charge in [0.05, 0.1) is 17.1 Å². The van der Waals surface area contributed by atoms with Crippen molar-refractivity contribution in [3.8, 4) is 0 Å². The maximum atomic E-state index is 6.11. The molecule has 1 aromatic heterocycles. The molecule has 0 saturated carbocycles. The van der Waals surface area contributed by atoms with E-state index in [9.17, 15) is 0 Å². The van der Waals surface area contributed by atoms with Crippen molar-refractivity contribution in [1.29, 1.82) is 0 Å². The third kappa shape index (κ3) is 3.23. The highest BCUT2D eigenvalue weighted by molar-refractivity contribution is 6.31. The molecule has 3 rings (SSSR count). The quantitative estimate of drug-likeness (QED) is 0.921. The van der Waals surface area contributed by atoms with Crippen LogP contribution in [0.5, 0.6) is 0 Å². The van der Waals surface area contributed by atoms with Crippen molar-refractivity contribution < 1.29 is 0 Å². The van der Waals surface area contributed by atoms with Gasteiger partial charge in [-0.3, -0.25) is 0 Å². The average molecular weight is 307 g/mol. The van der Waals surface area contributed by atoms with Crippen molar-refractivity contribution in [2.24, 2.45) is 0 Å². The van der Waals surface area contributed by atoms with E-state index < -0.39 is 0 Å². The van der Waals surface area contributed by atoms with E-state index >= 15 is 0 Å².